The van der Waals surface area contributed by atoms with Gasteiger partial charge in [-0.1, -0.05) is 12.8 Å². The number of carbonyl (C=O) groups is 5. The Kier molecular flexibility index (Phi) is 4.50. The van der Waals surface area contributed by atoms with Crippen molar-refractivity contribution in [3.05, 3.63) is 12.2 Å². The smallest absolute Gasteiger partial charge is 0.330 e. The summed E-state index contributed by atoms with van der Waals surface area (Å²) >= 11 is 0. The molecular formula is C15H17BN2O6. The van der Waals surface area contributed by atoms with E-state index in [4.69, 9.17) is 4.84 Å². The zero-order valence-electron chi connectivity index (χ0n) is 13.1. The SMILES string of the molecule is O=C(ON1C(=O)CCC1=O)C1CCC(BN2C(=O)C=CC2=O)CC1. The Morgan fingerprint density at radius 3 is 2.04 bits per heavy atom. The zero-order chi connectivity index (χ0) is 17.3. The fourth-order valence-corrected chi connectivity index (χ4v) is 3.27. The van der Waals surface area contributed by atoms with E-state index in [1.807, 2.05) is 0 Å². The van der Waals surface area contributed by atoms with E-state index in [-0.39, 0.29) is 36.4 Å². The predicted molar refractivity (Wildman–Crippen MR) is 81.0 cm³/mol. The minimum Gasteiger partial charge on any atom is -0.330 e. The lowest BCUT2D eigenvalue weighted by Crippen LogP contribution is -2.38. The molecule has 1 saturated carbocycles. The minimum absolute atomic E-state index is 0.0742. The van der Waals surface area contributed by atoms with Crippen LogP contribution < -0.4 is 0 Å². The molecule has 4 amide bonds. The van der Waals surface area contributed by atoms with Crippen molar-refractivity contribution in [1.82, 2.24) is 9.87 Å². The third-order valence-corrected chi connectivity index (χ3v) is 4.71. The van der Waals surface area contributed by atoms with Crippen molar-refractivity contribution >= 4 is 37.0 Å². The molecule has 2 aliphatic heterocycles. The Morgan fingerprint density at radius 2 is 1.50 bits per heavy atom. The molecule has 0 spiro atoms. The van der Waals surface area contributed by atoms with Crippen molar-refractivity contribution in [3.63, 3.8) is 0 Å². The highest BCUT2D eigenvalue weighted by Gasteiger charge is 2.37. The van der Waals surface area contributed by atoms with Gasteiger partial charge in [-0.05, 0) is 18.7 Å². The molecule has 1 saturated heterocycles. The number of hydrogen-bond donors (Lipinski definition) is 0. The summed E-state index contributed by atoms with van der Waals surface area (Å²) in [7, 11) is 0.357. The second-order valence-corrected chi connectivity index (χ2v) is 6.33. The first kappa shape index (κ1) is 16.4. The van der Waals surface area contributed by atoms with Gasteiger partial charge in [0.1, 0.15) is 0 Å². The highest BCUT2D eigenvalue weighted by Crippen LogP contribution is 2.34. The van der Waals surface area contributed by atoms with Gasteiger partial charge in [0, 0.05) is 25.0 Å². The molecule has 1 aliphatic carbocycles. The number of rotatable bonds is 4. The summed E-state index contributed by atoms with van der Waals surface area (Å²) in [5.74, 6) is -2.35. The average Bonchev–Trinajstić information content (AvgIpc) is 3.05. The molecule has 0 bridgehead atoms. The Bertz CT molecular complexity index is 604. The van der Waals surface area contributed by atoms with Crippen LogP contribution in [-0.2, 0) is 28.8 Å². The molecule has 0 aromatic heterocycles. The summed E-state index contributed by atoms with van der Waals surface area (Å²) in [6, 6.07) is 0. The van der Waals surface area contributed by atoms with E-state index < -0.39 is 17.8 Å². The van der Waals surface area contributed by atoms with E-state index in [1.165, 1.54) is 17.0 Å². The number of amides is 4. The molecule has 3 aliphatic rings. The van der Waals surface area contributed by atoms with E-state index in [0.717, 1.165) is 0 Å². The lowest BCUT2D eigenvalue weighted by Gasteiger charge is -2.29. The average molecular weight is 332 g/mol. The number of nitrogens with zero attached hydrogens (tertiary/aromatic N) is 2. The van der Waals surface area contributed by atoms with Crippen molar-refractivity contribution < 1.29 is 28.8 Å². The van der Waals surface area contributed by atoms with Crippen molar-refractivity contribution in [1.29, 1.82) is 0 Å². The van der Waals surface area contributed by atoms with Crippen LogP contribution in [0, 0.1) is 5.92 Å². The molecule has 0 atom stereocenters. The Hall–Kier alpha value is -2.45. The highest BCUT2D eigenvalue weighted by atomic mass is 16.7. The lowest BCUT2D eigenvalue weighted by molar-refractivity contribution is -0.201. The fourth-order valence-electron chi connectivity index (χ4n) is 3.27. The molecular weight excluding hydrogens is 315 g/mol. The first-order chi connectivity index (χ1) is 11.5. The van der Waals surface area contributed by atoms with Crippen molar-refractivity contribution in [2.75, 3.05) is 0 Å². The molecule has 0 unspecified atom stereocenters. The molecule has 0 aromatic carbocycles. The van der Waals surface area contributed by atoms with Crippen LogP contribution in [0.4, 0.5) is 0 Å². The van der Waals surface area contributed by atoms with Gasteiger partial charge in [0.05, 0.1) is 5.92 Å². The van der Waals surface area contributed by atoms with Crippen LogP contribution in [0.1, 0.15) is 38.5 Å². The van der Waals surface area contributed by atoms with Crippen LogP contribution in [0.15, 0.2) is 12.2 Å². The molecule has 2 heterocycles. The van der Waals surface area contributed by atoms with Crippen LogP contribution >= 0.6 is 0 Å². The van der Waals surface area contributed by atoms with E-state index in [1.54, 1.807) is 0 Å². The molecule has 0 radical (unpaired) electrons. The maximum Gasteiger partial charge on any atom is 0.336 e. The van der Waals surface area contributed by atoms with Crippen LogP contribution in [0.3, 0.4) is 0 Å². The van der Waals surface area contributed by atoms with Gasteiger partial charge in [0.25, 0.3) is 19.2 Å². The first-order valence-electron chi connectivity index (χ1n) is 8.07. The predicted octanol–water partition coefficient (Wildman–Crippen LogP) is -0.151. The highest BCUT2D eigenvalue weighted by molar-refractivity contribution is 6.47. The van der Waals surface area contributed by atoms with Crippen LogP contribution in [-0.4, -0.2) is 46.9 Å². The maximum atomic E-state index is 12.1. The third kappa shape index (κ3) is 3.24. The molecule has 8 nitrogen and oxygen atoms in total. The number of hydroxylamine groups is 2. The van der Waals surface area contributed by atoms with Gasteiger partial charge in [0.15, 0.2) is 0 Å². The molecule has 0 N–H and O–H groups in total. The monoisotopic (exact) mass is 332 g/mol. The van der Waals surface area contributed by atoms with Gasteiger partial charge in [-0.15, -0.1) is 5.06 Å². The lowest BCUT2D eigenvalue weighted by atomic mass is 9.64. The second-order valence-electron chi connectivity index (χ2n) is 6.33. The molecule has 24 heavy (non-hydrogen) atoms. The number of carbonyl (C=O) groups excluding carboxylic acids is 5. The van der Waals surface area contributed by atoms with Crippen LogP contribution in [0.5, 0.6) is 0 Å². The minimum atomic E-state index is -0.563. The maximum absolute atomic E-state index is 12.1. The largest absolute Gasteiger partial charge is 0.336 e. The van der Waals surface area contributed by atoms with E-state index in [0.29, 0.717) is 38.2 Å². The Labute approximate surface area is 139 Å². The van der Waals surface area contributed by atoms with Gasteiger partial charge < -0.3 is 9.65 Å². The van der Waals surface area contributed by atoms with Crippen molar-refractivity contribution in [3.8, 4) is 0 Å². The summed E-state index contributed by atoms with van der Waals surface area (Å²) in [6.45, 7) is 0. The standard InChI is InChI=1S/C15H17BN2O6/c19-11-5-6-12(20)17(11)16-10-3-1-9(2-4-10)15(23)24-18-13(21)7-8-14(18)22/h5-6,9-10,16H,1-4,7-8H2. The number of imide groups is 2. The van der Waals surface area contributed by atoms with Gasteiger partial charge in [-0.25, -0.2) is 4.79 Å². The Morgan fingerprint density at radius 1 is 0.958 bits per heavy atom. The van der Waals surface area contributed by atoms with E-state index in [2.05, 4.69) is 0 Å². The summed E-state index contributed by atoms with van der Waals surface area (Å²) in [6.07, 6.45) is 5.12. The van der Waals surface area contributed by atoms with Crippen molar-refractivity contribution in [2.45, 2.75) is 44.3 Å². The molecule has 9 heteroatoms. The quantitative estimate of drug-likeness (QED) is 0.524. The van der Waals surface area contributed by atoms with E-state index >= 15 is 0 Å². The molecule has 0 aromatic rings. The summed E-state index contributed by atoms with van der Waals surface area (Å²) < 4.78 is 0. The van der Waals surface area contributed by atoms with E-state index in [9.17, 15) is 24.0 Å². The van der Waals surface area contributed by atoms with Gasteiger partial charge in [0.2, 0.25) is 11.8 Å². The third-order valence-electron chi connectivity index (χ3n) is 4.71. The Balaban J connectivity index is 1.47. The molecule has 126 valence electrons. The molecule has 3 rings (SSSR count). The summed E-state index contributed by atoms with van der Waals surface area (Å²) in [5, 5.41) is 0.571. The summed E-state index contributed by atoms with van der Waals surface area (Å²) in [5.41, 5.74) is 0. The topological polar surface area (TPSA) is 101 Å². The molecule has 2 fully saturated rings. The van der Waals surface area contributed by atoms with Gasteiger partial charge in [-0.3, -0.25) is 19.2 Å². The first-order valence-corrected chi connectivity index (χ1v) is 8.07. The fraction of sp³-hybridized carbons (Fsp3) is 0.533. The summed E-state index contributed by atoms with van der Waals surface area (Å²) in [4.78, 5) is 64.3. The van der Waals surface area contributed by atoms with Gasteiger partial charge >= 0.3 is 5.97 Å². The van der Waals surface area contributed by atoms with Crippen LogP contribution in [0.2, 0.25) is 5.82 Å². The number of hydrogen-bond acceptors (Lipinski definition) is 6. The second kappa shape index (κ2) is 6.58. The zero-order valence-corrected chi connectivity index (χ0v) is 13.1. The normalized spacial score (nSPS) is 27.2. The van der Waals surface area contributed by atoms with Crippen LogP contribution in [0.25, 0.3) is 0 Å². The van der Waals surface area contributed by atoms with Gasteiger partial charge in [-0.2, -0.15) is 0 Å². The van der Waals surface area contributed by atoms with Crippen molar-refractivity contribution in [2.24, 2.45) is 5.92 Å².